The molecule has 10 heteroatoms. The number of rotatable bonds is 8. The summed E-state index contributed by atoms with van der Waals surface area (Å²) < 4.78 is 4.49. The minimum absolute atomic E-state index is 0.303. The lowest BCUT2D eigenvalue weighted by molar-refractivity contribution is -0.136. The minimum atomic E-state index is -1.01. The van der Waals surface area contributed by atoms with Crippen LogP contribution in [0.5, 0.6) is 5.75 Å². The van der Waals surface area contributed by atoms with E-state index in [1.807, 2.05) is 36.0 Å². The van der Waals surface area contributed by atoms with Gasteiger partial charge in [0.15, 0.2) is 11.4 Å². The Hall–Kier alpha value is -2.33. The molecule has 1 aliphatic rings. The molecule has 0 spiro atoms. The van der Waals surface area contributed by atoms with Crippen LogP contribution in [0, 0.1) is 0 Å². The third-order valence-electron chi connectivity index (χ3n) is 4.86. The van der Waals surface area contributed by atoms with Gasteiger partial charge in [-0.15, -0.1) is 11.8 Å². The molecule has 166 valence electrons. The van der Waals surface area contributed by atoms with E-state index in [1.54, 1.807) is 0 Å². The molecule has 0 saturated carbocycles. The average Bonchev–Trinajstić information content (AvgIpc) is 2.78. The van der Waals surface area contributed by atoms with Crippen molar-refractivity contribution in [3.05, 3.63) is 47.2 Å². The molecule has 2 heterocycles. The Balaban J connectivity index is 1.42. The number of hydrogen-bond acceptors (Lipinski definition) is 9. The van der Waals surface area contributed by atoms with E-state index in [2.05, 4.69) is 19.5 Å². The van der Waals surface area contributed by atoms with Crippen LogP contribution in [-0.2, 0) is 9.53 Å². The molecule has 0 unspecified atom stereocenters. The lowest BCUT2D eigenvalue weighted by Crippen LogP contribution is -2.46. The van der Waals surface area contributed by atoms with Gasteiger partial charge >= 0.3 is 11.9 Å². The summed E-state index contributed by atoms with van der Waals surface area (Å²) in [6, 6.07) is 9.36. The Morgan fingerprint density at radius 1 is 1.19 bits per heavy atom. The zero-order valence-corrected chi connectivity index (χ0v) is 18.6. The van der Waals surface area contributed by atoms with Crippen LogP contribution >= 0.6 is 23.4 Å². The van der Waals surface area contributed by atoms with Crippen molar-refractivity contribution < 1.29 is 19.4 Å². The number of hydrogen-bond donors (Lipinski definition) is 2. The molecule has 3 rings (SSSR count). The maximum Gasteiger partial charge on any atom is 0.368 e. The SMILES string of the molecule is NCC(=O)OC(=O)c1ncc(N2CCN(CCCSc3ccc(Cl)cc3)CC2)cc1O. The number of aromatic nitrogens is 1. The molecule has 1 aliphatic heterocycles. The van der Waals surface area contributed by atoms with E-state index in [4.69, 9.17) is 17.3 Å². The zero-order valence-electron chi connectivity index (χ0n) is 17.0. The standard InChI is InChI=1S/C21H25ClN4O4S/c22-15-2-4-17(5-3-15)31-11-1-6-25-7-9-26(10-8-25)16-12-18(27)20(24-14-16)21(29)30-19(28)13-23/h2-5,12,14,27H,1,6-11,13,23H2. The molecule has 3 N–H and O–H groups in total. The second kappa shape index (κ2) is 11.3. The summed E-state index contributed by atoms with van der Waals surface area (Å²) >= 11 is 7.74. The smallest absolute Gasteiger partial charge is 0.368 e. The fourth-order valence-electron chi connectivity index (χ4n) is 3.20. The molecule has 0 radical (unpaired) electrons. The van der Waals surface area contributed by atoms with Crippen molar-refractivity contribution in [1.29, 1.82) is 0 Å². The number of nitrogens with zero attached hydrogens (tertiary/aromatic N) is 3. The summed E-state index contributed by atoms with van der Waals surface area (Å²) in [6.45, 7) is 4.00. The van der Waals surface area contributed by atoms with Crippen LogP contribution in [-0.4, -0.2) is 72.0 Å². The molecule has 31 heavy (non-hydrogen) atoms. The van der Waals surface area contributed by atoms with Gasteiger partial charge in [0.05, 0.1) is 18.4 Å². The fraction of sp³-hybridized carbons (Fsp3) is 0.381. The number of esters is 2. The summed E-state index contributed by atoms with van der Waals surface area (Å²) in [5.41, 5.74) is 5.53. The highest BCUT2D eigenvalue weighted by molar-refractivity contribution is 7.99. The van der Waals surface area contributed by atoms with E-state index in [0.29, 0.717) is 0 Å². The second-order valence-corrected chi connectivity index (χ2v) is 8.62. The largest absolute Gasteiger partial charge is 0.505 e. The third-order valence-corrected chi connectivity index (χ3v) is 6.21. The predicted octanol–water partition coefficient (Wildman–Crippen LogP) is 2.39. The van der Waals surface area contributed by atoms with E-state index in [9.17, 15) is 14.7 Å². The summed E-state index contributed by atoms with van der Waals surface area (Å²) in [5.74, 6) is -1.17. The molecule has 0 amide bonds. The normalized spacial score (nSPS) is 14.5. The number of carbonyl (C=O) groups is 2. The van der Waals surface area contributed by atoms with Crippen LogP contribution < -0.4 is 10.6 Å². The van der Waals surface area contributed by atoms with Gasteiger partial charge in [-0.05, 0) is 43.0 Å². The van der Waals surface area contributed by atoms with Crippen LogP contribution in [0.4, 0.5) is 5.69 Å². The van der Waals surface area contributed by atoms with Gasteiger partial charge in [-0.3, -0.25) is 9.69 Å². The first-order valence-electron chi connectivity index (χ1n) is 9.96. The molecule has 0 bridgehead atoms. The highest BCUT2D eigenvalue weighted by atomic mass is 35.5. The van der Waals surface area contributed by atoms with Crippen molar-refractivity contribution in [2.75, 3.05) is 49.9 Å². The second-order valence-electron chi connectivity index (χ2n) is 7.01. The van der Waals surface area contributed by atoms with E-state index in [0.717, 1.165) is 55.6 Å². The van der Waals surface area contributed by atoms with Crippen molar-refractivity contribution in [2.45, 2.75) is 11.3 Å². The number of aromatic hydroxyl groups is 1. The van der Waals surface area contributed by atoms with Gasteiger partial charge in [-0.25, -0.2) is 9.78 Å². The van der Waals surface area contributed by atoms with Crippen LogP contribution in [0.1, 0.15) is 16.9 Å². The zero-order chi connectivity index (χ0) is 22.2. The highest BCUT2D eigenvalue weighted by Gasteiger charge is 2.21. The molecule has 8 nitrogen and oxygen atoms in total. The lowest BCUT2D eigenvalue weighted by Gasteiger charge is -2.36. The van der Waals surface area contributed by atoms with Crippen molar-refractivity contribution in [3.8, 4) is 5.75 Å². The Labute approximate surface area is 190 Å². The van der Waals surface area contributed by atoms with Crippen LogP contribution in [0.25, 0.3) is 0 Å². The first-order chi connectivity index (χ1) is 15.0. The monoisotopic (exact) mass is 464 g/mol. The van der Waals surface area contributed by atoms with Gasteiger partial charge in [-0.1, -0.05) is 11.6 Å². The van der Waals surface area contributed by atoms with Gasteiger partial charge in [0.1, 0.15) is 0 Å². The Kier molecular flexibility index (Phi) is 8.53. The lowest BCUT2D eigenvalue weighted by atomic mass is 10.2. The number of piperazine rings is 1. The van der Waals surface area contributed by atoms with E-state index < -0.39 is 18.5 Å². The van der Waals surface area contributed by atoms with Gasteiger partial charge in [0.25, 0.3) is 0 Å². The number of benzene rings is 1. The van der Waals surface area contributed by atoms with Gasteiger partial charge < -0.3 is 20.5 Å². The number of anilines is 1. The molecular formula is C21H25ClN4O4S. The van der Waals surface area contributed by atoms with E-state index in [1.165, 1.54) is 17.2 Å². The van der Waals surface area contributed by atoms with Crippen LogP contribution in [0.15, 0.2) is 41.4 Å². The fourth-order valence-corrected chi connectivity index (χ4v) is 4.17. The molecule has 1 fully saturated rings. The van der Waals surface area contributed by atoms with Gasteiger partial charge in [0.2, 0.25) is 0 Å². The summed E-state index contributed by atoms with van der Waals surface area (Å²) in [6.07, 6.45) is 2.59. The minimum Gasteiger partial charge on any atom is -0.505 e. The van der Waals surface area contributed by atoms with Gasteiger partial charge in [-0.2, -0.15) is 0 Å². The third kappa shape index (κ3) is 6.83. The number of nitrogens with two attached hydrogens (primary N) is 1. The summed E-state index contributed by atoms with van der Waals surface area (Å²) in [7, 11) is 0. The van der Waals surface area contributed by atoms with Gasteiger partial charge in [0, 0.05) is 42.2 Å². The Bertz CT molecular complexity index is 905. The van der Waals surface area contributed by atoms with E-state index >= 15 is 0 Å². The van der Waals surface area contributed by atoms with Crippen molar-refractivity contribution in [1.82, 2.24) is 9.88 Å². The molecule has 1 saturated heterocycles. The summed E-state index contributed by atoms with van der Waals surface area (Å²) in [5, 5.41) is 10.9. The number of thioether (sulfide) groups is 1. The summed E-state index contributed by atoms with van der Waals surface area (Å²) in [4.78, 5) is 32.7. The highest BCUT2D eigenvalue weighted by Crippen LogP contribution is 2.25. The molecule has 0 atom stereocenters. The first-order valence-corrected chi connectivity index (χ1v) is 11.3. The number of pyridine rings is 1. The first kappa shape index (κ1) is 23.3. The molecule has 1 aromatic heterocycles. The topological polar surface area (TPSA) is 109 Å². The van der Waals surface area contributed by atoms with Crippen molar-refractivity contribution in [3.63, 3.8) is 0 Å². The number of carbonyl (C=O) groups excluding carboxylic acids is 2. The quantitative estimate of drug-likeness (QED) is 0.263. The van der Waals surface area contributed by atoms with Crippen molar-refractivity contribution in [2.24, 2.45) is 5.73 Å². The molecular weight excluding hydrogens is 440 g/mol. The Morgan fingerprint density at radius 3 is 2.55 bits per heavy atom. The van der Waals surface area contributed by atoms with Crippen molar-refractivity contribution >= 4 is 41.0 Å². The number of ether oxygens (including phenoxy) is 1. The molecule has 0 aliphatic carbocycles. The predicted molar refractivity (Wildman–Crippen MR) is 121 cm³/mol. The molecule has 1 aromatic carbocycles. The Morgan fingerprint density at radius 2 is 1.90 bits per heavy atom. The maximum atomic E-state index is 11.8. The average molecular weight is 465 g/mol. The number of halogens is 1. The van der Waals surface area contributed by atoms with Crippen LogP contribution in [0.2, 0.25) is 5.02 Å². The maximum absolute atomic E-state index is 11.8. The van der Waals surface area contributed by atoms with E-state index in [-0.39, 0.29) is 11.4 Å². The molecule has 2 aromatic rings. The van der Waals surface area contributed by atoms with Crippen LogP contribution in [0.3, 0.4) is 0 Å².